The van der Waals surface area contributed by atoms with E-state index in [1.807, 2.05) is 39.0 Å². The zero-order valence-electron chi connectivity index (χ0n) is 12.5. The normalized spacial score (nSPS) is 12.0. The number of hydrogen-bond donors (Lipinski definition) is 1. The summed E-state index contributed by atoms with van der Waals surface area (Å²) < 4.78 is 27.2. The molecule has 22 heavy (non-hydrogen) atoms. The summed E-state index contributed by atoms with van der Waals surface area (Å²) >= 11 is 1.44. The van der Waals surface area contributed by atoms with E-state index in [9.17, 15) is 13.7 Å². The minimum absolute atomic E-state index is 0.297. The van der Waals surface area contributed by atoms with E-state index in [1.54, 1.807) is 18.2 Å². The third kappa shape index (κ3) is 3.75. The minimum Gasteiger partial charge on any atom is -0.279 e. The highest BCUT2D eigenvalue weighted by Gasteiger charge is 2.19. The Balaban J connectivity index is 2.35. The fraction of sp³-hybridized carbons (Fsp3) is 0.188. The van der Waals surface area contributed by atoms with E-state index in [0.717, 1.165) is 20.9 Å². The maximum absolute atomic E-state index is 12.4. The van der Waals surface area contributed by atoms with Crippen LogP contribution >= 0.6 is 11.3 Å². The molecule has 1 aromatic heterocycles. The van der Waals surface area contributed by atoms with Gasteiger partial charge in [-0.1, -0.05) is 17.7 Å². The van der Waals surface area contributed by atoms with Crippen LogP contribution in [-0.2, 0) is 10.0 Å². The largest absolute Gasteiger partial charge is 0.279 e. The number of rotatable bonds is 4. The van der Waals surface area contributed by atoms with Gasteiger partial charge in [0.15, 0.2) is 4.91 Å². The Morgan fingerprint density at radius 3 is 2.50 bits per heavy atom. The molecule has 0 saturated heterocycles. The Morgan fingerprint density at radius 2 is 1.95 bits per heavy atom. The molecule has 0 aliphatic rings. The molecule has 0 radical (unpaired) electrons. The van der Waals surface area contributed by atoms with Gasteiger partial charge in [0.2, 0.25) is 0 Å². The molecule has 0 unspecified atom stereocenters. The Hall–Kier alpha value is -2.10. The van der Waals surface area contributed by atoms with Gasteiger partial charge in [0.1, 0.15) is 6.07 Å². The zero-order chi connectivity index (χ0) is 16.3. The molecule has 0 fully saturated rings. The molecule has 0 spiro atoms. The van der Waals surface area contributed by atoms with Crippen molar-refractivity contribution in [1.29, 1.82) is 5.26 Å². The SMILES string of the molecule is Cc1ccc(NS(=O)(=O)/C(C#N)=C\c2ccc(C)s2)c(C)c1. The van der Waals surface area contributed by atoms with E-state index in [2.05, 4.69) is 4.72 Å². The molecule has 6 heteroatoms. The summed E-state index contributed by atoms with van der Waals surface area (Å²) in [4.78, 5) is 1.50. The molecule has 0 saturated carbocycles. The molecule has 0 aliphatic heterocycles. The van der Waals surface area contributed by atoms with Crippen LogP contribution in [0.3, 0.4) is 0 Å². The lowest BCUT2D eigenvalue weighted by Crippen LogP contribution is -2.15. The van der Waals surface area contributed by atoms with Crippen LogP contribution < -0.4 is 4.72 Å². The maximum Gasteiger partial charge on any atom is 0.272 e. The quantitative estimate of drug-likeness (QED) is 0.861. The number of anilines is 1. The lowest BCUT2D eigenvalue weighted by Gasteiger charge is -2.10. The van der Waals surface area contributed by atoms with Gasteiger partial charge in [0, 0.05) is 9.75 Å². The summed E-state index contributed by atoms with van der Waals surface area (Å²) in [7, 11) is -3.89. The first-order valence-corrected chi connectivity index (χ1v) is 8.90. The standard InChI is InChI=1S/C16H16N2O2S2/c1-11-4-7-16(12(2)8-11)18-22(19,20)15(10-17)9-14-6-5-13(3)21-14/h4-9,18H,1-3H3/b15-9-. The van der Waals surface area contributed by atoms with E-state index in [1.165, 1.54) is 17.4 Å². The molecule has 114 valence electrons. The van der Waals surface area contributed by atoms with Gasteiger partial charge in [-0.3, -0.25) is 4.72 Å². The Bertz CT molecular complexity index is 872. The number of hydrogen-bond acceptors (Lipinski definition) is 4. The van der Waals surface area contributed by atoms with Crippen molar-refractivity contribution in [2.45, 2.75) is 20.8 Å². The predicted molar refractivity (Wildman–Crippen MR) is 91.1 cm³/mol. The molecule has 1 heterocycles. The second-order valence-electron chi connectivity index (χ2n) is 4.99. The summed E-state index contributed by atoms with van der Waals surface area (Å²) in [6.07, 6.45) is 1.39. The van der Waals surface area contributed by atoms with Gasteiger partial charge >= 0.3 is 0 Å². The van der Waals surface area contributed by atoms with Crippen LogP contribution in [0.25, 0.3) is 6.08 Å². The number of nitrogens with one attached hydrogen (secondary N) is 1. The monoisotopic (exact) mass is 332 g/mol. The van der Waals surface area contributed by atoms with Gasteiger partial charge in [0.05, 0.1) is 5.69 Å². The highest BCUT2D eigenvalue weighted by Crippen LogP contribution is 2.23. The van der Waals surface area contributed by atoms with Crippen LogP contribution in [0.5, 0.6) is 0 Å². The second kappa shape index (κ2) is 6.34. The van der Waals surface area contributed by atoms with Gasteiger partial charge in [-0.15, -0.1) is 11.3 Å². The highest BCUT2D eigenvalue weighted by atomic mass is 32.2. The van der Waals surface area contributed by atoms with Crippen LogP contribution in [0.15, 0.2) is 35.2 Å². The van der Waals surface area contributed by atoms with E-state index in [0.29, 0.717) is 5.69 Å². The van der Waals surface area contributed by atoms with Crippen molar-refractivity contribution in [2.24, 2.45) is 0 Å². The van der Waals surface area contributed by atoms with Gasteiger partial charge < -0.3 is 0 Å². The fourth-order valence-corrected chi connectivity index (χ4v) is 3.88. The van der Waals surface area contributed by atoms with Crippen LogP contribution in [-0.4, -0.2) is 8.42 Å². The Labute approximate surface area is 134 Å². The first kappa shape index (κ1) is 16.3. The number of nitriles is 1. The van der Waals surface area contributed by atoms with Gasteiger partial charge in [-0.05, 0) is 50.6 Å². The third-order valence-electron chi connectivity index (χ3n) is 3.06. The Kier molecular flexibility index (Phi) is 4.69. The lowest BCUT2D eigenvalue weighted by atomic mass is 10.1. The molecule has 0 amide bonds. The van der Waals surface area contributed by atoms with Crippen molar-refractivity contribution >= 4 is 33.1 Å². The summed E-state index contributed by atoms with van der Waals surface area (Å²) in [5.41, 5.74) is 2.34. The van der Waals surface area contributed by atoms with Gasteiger partial charge in [0.25, 0.3) is 10.0 Å². The third-order valence-corrected chi connectivity index (χ3v) is 5.28. The van der Waals surface area contributed by atoms with Crippen molar-refractivity contribution in [3.8, 4) is 6.07 Å². The van der Waals surface area contributed by atoms with E-state index >= 15 is 0 Å². The molecule has 0 bridgehead atoms. The topological polar surface area (TPSA) is 70.0 Å². The van der Waals surface area contributed by atoms with Crippen molar-refractivity contribution in [1.82, 2.24) is 0 Å². The van der Waals surface area contributed by atoms with E-state index < -0.39 is 10.0 Å². The van der Waals surface area contributed by atoms with Gasteiger partial charge in [-0.2, -0.15) is 5.26 Å². The summed E-state index contributed by atoms with van der Waals surface area (Å²) in [5.74, 6) is 0. The van der Waals surface area contributed by atoms with E-state index in [-0.39, 0.29) is 4.91 Å². The lowest BCUT2D eigenvalue weighted by molar-refractivity contribution is 0.608. The second-order valence-corrected chi connectivity index (χ2v) is 7.96. The van der Waals surface area contributed by atoms with Gasteiger partial charge in [-0.25, -0.2) is 8.42 Å². The molecular weight excluding hydrogens is 316 g/mol. The van der Waals surface area contributed by atoms with Crippen LogP contribution in [0.4, 0.5) is 5.69 Å². The molecule has 0 atom stereocenters. The number of benzene rings is 1. The number of thiophene rings is 1. The maximum atomic E-state index is 12.4. The van der Waals surface area contributed by atoms with Crippen molar-refractivity contribution in [3.63, 3.8) is 0 Å². The van der Waals surface area contributed by atoms with Crippen LogP contribution in [0, 0.1) is 32.1 Å². The van der Waals surface area contributed by atoms with Crippen molar-refractivity contribution in [3.05, 3.63) is 56.1 Å². The van der Waals surface area contributed by atoms with Crippen molar-refractivity contribution in [2.75, 3.05) is 4.72 Å². The highest BCUT2D eigenvalue weighted by molar-refractivity contribution is 7.97. The first-order valence-electron chi connectivity index (χ1n) is 6.60. The summed E-state index contributed by atoms with van der Waals surface area (Å²) in [5, 5.41) is 9.19. The summed E-state index contributed by atoms with van der Waals surface area (Å²) in [6.45, 7) is 5.69. The fourth-order valence-electron chi connectivity index (χ4n) is 1.96. The predicted octanol–water partition coefficient (Wildman–Crippen LogP) is 3.98. The molecule has 4 nitrogen and oxygen atoms in total. The molecule has 2 aromatic rings. The average Bonchev–Trinajstić information content (AvgIpc) is 2.84. The Morgan fingerprint density at radius 1 is 1.23 bits per heavy atom. The van der Waals surface area contributed by atoms with E-state index in [4.69, 9.17) is 0 Å². The molecular formula is C16H16N2O2S2. The summed E-state index contributed by atoms with van der Waals surface area (Å²) in [6, 6.07) is 10.9. The average molecular weight is 332 g/mol. The number of aryl methyl sites for hydroxylation is 3. The van der Waals surface area contributed by atoms with Crippen LogP contribution in [0.1, 0.15) is 20.9 Å². The number of sulfonamides is 1. The zero-order valence-corrected chi connectivity index (χ0v) is 14.2. The molecule has 1 aromatic carbocycles. The number of allylic oxidation sites excluding steroid dienone is 1. The number of nitrogens with zero attached hydrogens (tertiary/aromatic N) is 1. The first-order chi connectivity index (χ1) is 10.3. The molecule has 0 aliphatic carbocycles. The molecule has 1 N–H and O–H groups in total. The minimum atomic E-state index is -3.89. The smallest absolute Gasteiger partial charge is 0.272 e. The molecule has 2 rings (SSSR count). The van der Waals surface area contributed by atoms with Crippen LogP contribution in [0.2, 0.25) is 0 Å². The van der Waals surface area contributed by atoms with Crippen molar-refractivity contribution < 1.29 is 8.42 Å².